The summed E-state index contributed by atoms with van der Waals surface area (Å²) in [5.41, 5.74) is 1.11. The van der Waals surface area contributed by atoms with Gasteiger partial charge in [0.25, 0.3) is 0 Å². The van der Waals surface area contributed by atoms with Crippen molar-refractivity contribution >= 4 is 16.9 Å². The zero-order valence-electron chi connectivity index (χ0n) is 19.8. The van der Waals surface area contributed by atoms with E-state index in [0.29, 0.717) is 36.2 Å². The number of fused-ring (bicyclic) bond motifs is 1. The Kier molecular flexibility index (Phi) is 6.41. The minimum atomic E-state index is -2.52. The van der Waals surface area contributed by atoms with E-state index in [1.54, 1.807) is 19.2 Å². The molecule has 0 radical (unpaired) electrons. The Morgan fingerprint density at radius 2 is 1.88 bits per heavy atom. The molecule has 1 saturated carbocycles. The molecule has 1 aliphatic heterocycles. The number of hydrogen-bond acceptors (Lipinski definition) is 6. The number of piperazine rings is 1. The lowest BCUT2D eigenvalue weighted by molar-refractivity contribution is -0.0607. The predicted molar refractivity (Wildman–Crippen MR) is 123 cm³/mol. The maximum atomic E-state index is 13.7. The Bertz CT molecular complexity index is 1120. The van der Waals surface area contributed by atoms with Crippen LogP contribution < -0.4 is 10.6 Å². The maximum Gasteiger partial charge on any atom is 0.349 e. The molecule has 1 aliphatic carbocycles. The molecule has 0 bridgehead atoms. The molecule has 0 spiro atoms. The Morgan fingerprint density at radius 1 is 1.18 bits per heavy atom. The van der Waals surface area contributed by atoms with Gasteiger partial charge in [0, 0.05) is 51.1 Å². The zero-order chi connectivity index (χ0) is 23.9. The molecule has 3 atom stereocenters. The fourth-order valence-electron chi connectivity index (χ4n) is 5.67. The van der Waals surface area contributed by atoms with Crippen LogP contribution in [0.2, 0.25) is 0 Å². The van der Waals surface area contributed by atoms with Crippen molar-refractivity contribution in [3.05, 3.63) is 28.3 Å². The molecule has 2 aromatic heterocycles. The Balaban J connectivity index is 1.62. The molecule has 2 aromatic rings. The van der Waals surface area contributed by atoms with Gasteiger partial charge in [-0.15, -0.1) is 0 Å². The van der Waals surface area contributed by atoms with Gasteiger partial charge in [-0.3, -0.25) is 9.47 Å². The fourth-order valence-corrected chi connectivity index (χ4v) is 5.67. The SMILES string of the molecule is CCC(C1CCC(F)(F)CC1)N1C[C@H](C)N(c2nc(=O)n(C)c3ccc(C#N)nc23)C[C@H]1C. The summed E-state index contributed by atoms with van der Waals surface area (Å²) >= 11 is 0. The molecule has 178 valence electrons. The molecule has 2 fully saturated rings. The smallest absolute Gasteiger partial charge is 0.349 e. The van der Waals surface area contributed by atoms with Gasteiger partial charge in [-0.2, -0.15) is 10.2 Å². The van der Waals surface area contributed by atoms with Crippen LogP contribution in [0.4, 0.5) is 14.6 Å². The third-order valence-corrected chi connectivity index (χ3v) is 7.51. The van der Waals surface area contributed by atoms with Crippen molar-refractivity contribution in [3.63, 3.8) is 0 Å². The van der Waals surface area contributed by atoms with Crippen LogP contribution >= 0.6 is 0 Å². The first-order valence-corrected chi connectivity index (χ1v) is 11.8. The second-order valence-electron chi connectivity index (χ2n) is 9.67. The van der Waals surface area contributed by atoms with E-state index in [-0.39, 0.29) is 48.3 Å². The number of anilines is 1. The summed E-state index contributed by atoms with van der Waals surface area (Å²) in [5.74, 6) is -1.73. The van der Waals surface area contributed by atoms with Gasteiger partial charge in [-0.1, -0.05) is 6.92 Å². The van der Waals surface area contributed by atoms with Crippen molar-refractivity contribution in [1.29, 1.82) is 5.26 Å². The topological polar surface area (TPSA) is 78.0 Å². The quantitative estimate of drug-likeness (QED) is 0.695. The molecular weight excluding hydrogens is 426 g/mol. The van der Waals surface area contributed by atoms with Crippen LogP contribution in [0.25, 0.3) is 11.0 Å². The van der Waals surface area contributed by atoms with Crippen LogP contribution in [0.1, 0.15) is 58.6 Å². The van der Waals surface area contributed by atoms with E-state index < -0.39 is 5.92 Å². The van der Waals surface area contributed by atoms with E-state index in [1.165, 1.54) is 4.57 Å². The normalized spacial score (nSPS) is 25.2. The zero-order valence-corrected chi connectivity index (χ0v) is 19.8. The number of pyridine rings is 1. The summed E-state index contributed by atoms with van der Waals surface area (Å²) in [6.07, 6.45) is 2.01. The summed E-state index contributed by atoms with van der Waals surface area (Å²) in [6.45, 7) is 7.79. The number of aryl methyl sites for hydroxylation is 1. The van der Waals surface area contributed by atoms with Crippen LogP contribution in [0.3, 0.4) is 0 Å². The summed E-state index contributed by atoms with van der Waals surface area (Å²) < 4.78 is 28.9. The molecule has 3 heterocycles. The monoisotopic (exact) mass is 458 g/mol. The van der Waals surface area contributed by atoms with Gasteiger partial charge in [0.05, 0.1) is 5.52 Å². The van der Waals surface area contributed by atoms with Crippen molar-refractivity contribution in [2.24, 2.45) is 13.0 Å². The van der Waals surface area contributed by atoms with Gasteiger partial charge in [0.2, 0.25) is 5.92 Å². The number of nitriles is 1. The lowest BCUT2D eigenvalue weighted by atomic mass is 9.79. The average molecular weight is 459 g/mol. The van der Waals surface area contributed by atoms with E-state index in [4.69, 9.17) is 0 Å². The Hall–Kier alpha value is -2.60. The van der Waals surface area contributed by atoms with Gasteiger partial charge in [-0.25, -0.2) is 18.6 Å². The summed E-state index contributed by atoms with van der Waals surface area (Å²) in [7, 11) is 1.65. The fraction of sp³-hybridized carbons (Fsp3) is 0.667. The lowest BCUT2D eigenvalue weighted by Gasteiger charge is -2.50. The second kappa shape index (κ2) is 8.98. The van der Waals surface area contributed by atoms with Crippen molar-refractivity contribution in [3.8, 4) is 6.07 Å². The van der Waals surface area contributed by atoms with E-state index in [1.807, 2.05) is 0 Å². The Labute approximate surface area is 193 Å². The number of halogens is 2. The highest BCUT2D eigenvalue weighted by atomic mass is 19.3. The number of hydrogen-bond donors (Lipinski definition) is 0. The molecule has 1 unspecified atom stereocenters. The molecule has 0 N–H and O–H groups in total. The summed E-state index contributed by atoms with van der Waals surface area (Å²) in [4.78, 5) is 26.0. The molecule has 1 saturated heterocycles. The summed E-state index contributed by atoms with van der Waals surface area (Å²) in [6, 6.07) is 5.89. The van der Waals surface area contributed by atoms with Gasteiger partial charge >= 0.3 is 5.69 Å². The molecule has 0 amide bonds. The molecule has 2 aliphatic rings. The number of rotatable bonds is 4. The minimum Gasteiger partial charge on any atom is -0.349 e. The largest absolute Gasteiger partial charge is 0.349 e. The van der Waals surface area contributed by atoms with Crippen LogP contribution in [0.15, 0.2) is 16.9 Å². The third-order valence-electron chi connectivity index (χ3n) is 7.51. The highest BCUT2D eigenvalue weighted by Crippen LogP contribution is 2.40. The molecule has 33 heavy (non-hydrogen) atoms. The molecule has 0 aromatic carbocycles. The van der Waals surface area contributed by atoms with Crippen molar-refractivity contribution in [2.45, 2.75) is 76.9 Å². The van der Waals surface area contributed by atoms with Crippen molar-refractivity contribution < 1.29 is 8.78 Å². The minimum absolute atomic E-state index is 0.0197. The number of aromatic nitrogens is 3. The van der Waals surface area contributed by atoms with Crippen LogP contribution in [0, 0.1) is 17.2 Å². The van der Waals surface area contributed by atoms with Gasteiger partial charge < -0.3 is 4.90 Å². The average Bonchev–Trinajstić information content (AvgIpc) is 2.79. The predicted octanol–water partition coefficient (Wildman–Crippen LogP) is 3.70. The van der Waals surface area contributed by atoms with Gasteiger partial charge in [0.15, 0.2) is 5.82 Å². The molecular formula is C24H32F2N6O. The molecule has 7 nitrogen and oxygen atoms in total. The van der Waals surface area contributed by atoms with E-state index >= 15 is 0 Å². The number of alkyl halides is 2. The lowest BCUT2D eigenvalue weighted by Crippen LogP contribution is -2.61. The highest BCUT2D eigenvalue weighted by molar-refractivity contribution is 5.86. The van der Waals surface area contributed by atoms with Gasteiger partial charge in [-0.05, 0) is 51.2 Å². The van der Waals surface area contributed by atoms with E-state index in [9.17, 15) is 18.8 Å². The van der Waals surface area contributed by atoms with Gasteiger partial charge in [0.1, 0.15) is 17.3 Å². The summed E-state index contributed by atoms with van der Waals surface area (Å²) in [5, 5.41) is 9.33. The van der Waals surface area contributed by atoms with E-state index in [0.717, 1.165) is 13.0 Å². The standard InChI is InChI=1S/C24H32F2N6O/c1-5-19(17-8-10-24(25,26)11-9-17)31-13-16(3)32(14-15(31)2)22-21-20(30(4)23(33)29-22)7-6-18(12-27)28-21/h6-7,15-17,19H,5,8-11,13-14H2,1-4H3/t15-,16+,19?/m1/s1. The van der Waals surface area contributed by atoms with Crippen LogP contribution in [-0.2, 0) is 7.05 Å². The first-order chi connectivity index (χ1) is 15.6. The van der Waals surface area contributed by atoms with Crippen molar-refractivity contribution in [1.82, 2.24) is 19.4 Å². The van der Waals surface area contributed by atoms with Crippen molar-refractivity contribution in [2.75, 3.05) is 18.0 Å². The second-order valence-corrected chi connectivity index (χ2v) is 9.67. The van der Waals surface area contributed by atoms with Crippen LogP contribution in [-0.4, -0.2) is 56.6 Å². The molecule has 9 heteroatoms. The maximum absolute atomic E-state index is 13.7. The first-order valence-electron chi connectivity index (χ1n) is 11.8. The molecule has 4 rings (SSSR count). The highest BCUT2D eigenvalue weighted by Gasteiger charge is 2.41. The number of nitrogens with zero attached hydrogens (tertiary/aromatic N) is 6. The van der Waals surface area contributed by atoms with Crippen LogP contribution in [0.5, 0.6) is 0 Å². The van der Waals surface area contributed by atoms with E-state index in [2.05, 4.69) is 46.6 Å². The first kappa shape index (κ1) is 23.6. The third kappa shape index (κ3) is 4.45. The Morgan fingerprint density at radius 3 is 2.52 bits per heavy atom.